The van der Waals surface area contributed by atoms with Gasteiger partial charge in [0.2, 0.25) is 0 Å². The summed E-state index contributed by atoms with van der Waals surface area (Å²) in [5, 5.41) is 9.84. The van der Waals surface area contributed by atoms with Crippen LogP contribution in [-0.2, 0) is 19.5 Å². The second kappa shape index (κ2) is 8.53. The molecule has 1 aromatic heterocycles. The number of hydrogen-bond acceptors (Lipinski definition) is 4. The minimum atomic E-state index is 0.653. The van der Waals surface area contributed by atoms with Crippen molar-refractivity contribution in [3.8, 4) is 5.75 Å². The Morgan fingerprint density at radius 1 is 1.30 bits per heavy atom. The van der Waals surface area contributed by atoms with Crippen molar-refractivity contribution in [3.05, 3.63) is 45.4 Å². The van der Waals surface area contributed by atoms with Gasteiger partial charge in [-0.2, -0.15) is 0 Å². The van der Waals surface area contributed by atoms with E-state index in [4.69, 9.17) is 4.74 Å². The molecule has 124 valence electrons. The monoisotopic (exact) mass is 332 g/mol. The standard InChI is InChI=1S/C17H24N4OS/c1-5-16-21-14(11-23-16)10-20-17(18-3)19-9-13-7-6-12(2)8-15(13)22-4/h6-8,11H,5,9-10H2,1-4H3,(H2,18,19,20). The lowest BCUT2D eigenvalue weighted by Gasteiger charge is -2.13. The molecule has 0 radical (unpaired) electrons. The van der Waals surface area contributed by atoms with E-state index in [0.29, 0.717) is 13.1 Å². The van der Waals surface area contributed by atoms with Crippen LogP contribution in [0, 0.1) is 6.92 Å². The Bertz CT molecular complexity index is 666. The number of nitrogens with one attached hydrogen (secondary N) is 2. The van der Waals surface area contributed by atoms with Crippen molar-refractivity contribution in [3.63, 3.8) is 0 Å². The number of thiazole rings is 1. The lowest BCUT2D eigenvalue weighted by atomic mass is 10.1. The largest absolute Gasteiger partial charge is 0.496 e. The smallest absolute Gasteiger partial charge is 0.191 e. The van der Waals surface area contributed by atoms with E-state index in [2.05, 4.69) is 52.0 Å². The van der Waals surface area contributed by atoms with Crippen molar-refractivity contribution in [2.45, 2.75) is 33.4 Å². The van der Waals surface area contributed by atoms with Crippen LogP contribution in [0.15, 0.2) is 28.6 Å². The van der Waals surface area contributed by atoms with Crippen LogP contribution in [-0.4, -0.2) is 25.1 Å². The highest BCUT2D eigenvalue weighted by atomic mass is 32.1. The molecular formula is C17H24N4OS. The minimum Gasteiger partial charge on any atom is -0.496 e. The minimum absolute atomic E-state index is 0.653. The molecule has 0 unspecified atom stereocenters. The third kappa shape index (κ3) is 4.96. The van der Waals surface area contributed by atoms with Gasteiger partial charge in [-0.25, -0.2) is 4.98 Å². The van der Waals surface area contributed by atoms with E-state index in [1.165, 1.54) is 5.56 Å². The van der Waals surface area contributed by atoms with Gasteiger partial charge in [-0.3, -0.25) is 4.99 Å². The normalized spacial score (nSPS) is 11.4. The molecule has 0 aliphatic carbocycles. The van der Waals surface area contributed by atoms with Crippen LogP contribution in [0.5, 0.6) is 5.75 Å². The summed E-state index contributed by atoms with van der Waals surface area (Å²) in [5.74, 6) is 1.64. The first-order valence-corrected chi connectivity index (χ1v) is 8.55. The third-order valence-corrected chi connectivity index (χ3v) is 4.49. The molecule has 5 nitrogen and oxygen atoms in total. The van der Waals surface area contributed by atoms with Crippen LogP contribution in [0.3, 0.4) is 0 Å². The van der Waals surface area contributed by atoms with E-state index in [-0.39, 0.29) is 0 Å². The maximum Gasteiger partial charge on any atom is 0.191 e. The van der Waals surface area contributed by atoms with E-state index >= 15 is 0 Å². The molecule has 0 bridgehead atoms. The van der Waals surface area contributed by atoms with Crippen LogP contribution in [0.25, 0.3) is 0 Å². The highest BCUT2D eigenvalue weighted by Gasteiger charge is 2.06. The molecule has 2 rings (SSSR count). The van der Waals surface area contributed by atoms with E-state index < -0.39 is 0 Å². The van der Waals surface area contributed by atoms with Gasteiger partial charge in [0.15, 0.2) is 5.96 Å². The molecule has 6 heteroatoms. The Kier molecular flexibility index (Phi) is 6.40. The van der Waals surface area contributed by atoms with Crippen LogP contribution >= 0.6 is 11.3 Å². The summed E-state index contributed by atoms with van der Waals surface area (Å²) in [6.45, 7) is 5.49. The Balaban J connectivity index is 1.90. The number of aliphatic imine (C=N–C) groups is 1. The number of benzene rings is 1. The quantitative estimate of drug-likeness (QED) is 0.631. The average Bonchev–Trinajstić information content (AvgIpc) is 3.04. The molecule has 0 amide bonds. The number of methoxy groups -OCH3 is 1. The van der Waals surface area contributed by atoms with Crippen molar-refractivity contribution < 1.29 is 4.74 Å². The van der Waals surface area contributed by atoms with Gasteiger partial charge in [0, 0.05) is 24.5 Å². The van der Waals surface area contributed by atoms with Crippen molar-refractivity contribution >= 4 is 17.3 Å². The fourth-order valence-electron chi connectivity index (χ4n) is 2.16. The first-order valence-electron chi connectivity index (χ1n) is 7.67. The molecule has 2 N–H and O–H groups in total. The number of aromatic nitrogens is 1. The topological polar surface area (TPSA) is 58.5 Å². The van der Waals surface area contributed by atoms with Crippen LogP contribution < -0.4 is 15.4 Å². The maximum atomic E-state index is 5.43. The highest BCUT2D eigenvalue weighted by Crippen LogP contribution is 2.19. The van der Waals surface area contributed by atoms with Crippen molar-refractivity contribution in [1.82, 2.24) is 15.6 Å². The van der Waals surface area contributed by atoms with E-state index in [1.54, 1.807) is 25.5 Å². The van der Waals surface area contributed by atoms with Crippen molar-refractivity contribution in [2.75, 3.05) is 14.2 Å². The van der Waals surface area contributed by atoms with Crippen LogP contribution in [0.4, 0.5) is 0 Å². The lowest BCUT2D eigenvalue weighted by Crippen LogP contribution is -2.36. The van der Waals surface area contributed by atoms with Gasteiger partial charge in [-0.1, -0.05) is 19.1 Å². The highest BCUT2D eigenvalue weighted by molar-refractivity contribution is 7.09. The molecular weight excluding hydrogens is 308 g/mol. The molecule has 1 aromatic carbocycles. The zero-order valence-electron chi connectivity index (χ0n) is 14.1. The van der Waals surface area contributed by atoms with Gasteiger partial charge < -0.3 is 15.4 Å². The van der Waals surface area contributed by atoms with Crippen molar-refractivity contribution in [2.24, 2.45) is 4.99 Å². The first-order chi connectivity index (χ1) is 11.2. The second-order valence-electron chi connectivity index (χ2n) is 5.18. The molecule has 23 heavy (non-hydrogen) atoms. The van der Waals surface area contributed by atoms with Gasteiger partial charge in [-0.05, 0) is 25.0 Å². The molecule has 0 saturated carbocycles. The van der Waals surface area contributed by atoms with E-state index in [0.717, 1.165) is 34.4 Å². The zero-order chi connectivity index (χ0) is 16.7. The first kappa shape index (κ1) is 17.3. The summed E-state index contributed by atoms with van der Waals surface area (Å²) in [6, 6.07) is 6.19. The number of hydrogen-bond donors (Lipinski definition) is 2. The number of nitrogens with zero attached hydrogens (tertiary/aromatic N) is 2. The van der Waals surface area contributed by atoms with Gasteiger partial charge in [0.1, 0.15) is 5.75 Å². The summed E-state index contributed by atoms with van der Waals surface area (Å²) in [7, 11) is 3.46. The van der Waals surface area contributed by atoms with Crippen LogP contribution in [0.2, 0.25) is 0 Å². The predicted molar refractivity (Wildman–Crippen MR) is 96.3 cm³/mol. The SMILES string of the molecule is CCc1nc(CNC(=NC)NCc2ccc(C)cc2OC)cs1. The Hall–Kier alpha value is -2.08. The van der Waals surface area contributed by atoms with Gasteiger partial charge >= 0.3 is 0 Å². The molecule has 0 saturated heterocycles. The fraction of sp³-hybridized carbons (Fsp3) is 0.412. The molecule has 0 aliphatic rings. The molecule has 0 atom stereocenters. The lowest BCUT2D eigenvalue weighted by molar-refractivity contribution is 0.408. The second-order valence-corrected chi connectivity index (χ2v) is 6.12. The van der Waals surface area contributed by atoms with Crippen LogP contribution in [0.1, 0.15) is 28.8 Å². The average molecular weight is 332 g/mol. The Morgan fingerprint density at radius 3 is 2.74 bits per heavy atom. The molecule has 0 spiro atoms. The molecule has 0 aliphatic heterocycles. The summed E-state index contributed by atoms with van der Waals surface area (Å²) in [5.41, 5.74) is 3.33. The zero-order valence-corrected chi connectivity index (χ0v) is 15.0. The van der Waals surface area contributed by atoms with E-state index in [1.807, 2.05) is 6.07 Å². The molecule has 0 fully saturated rings. The number of aryl methyl sites for hydroxylation is 2. The summed E-state index contributed by atoms with van der Waals surface area (Å²) in [4.78, 5) is 8.79. The predicted octanol–water partition coefficient (Wildman–Crippen LogP) is 2.89. The van der Waals surface area contributed by atoms with Gasteiger partial charge in [0.25, 0.3) is 0 Å². The van der Waals surface area contributed by atoms with Gasteiger partial charge in [0.05, 0.1) is 24.4 Å². The number of guanidine groups is 1. The maximum absolute atomic E-state index is 5.43. The molecule has 1 heterocycles. The number of rotatable bonds is 6. The Labute approximate surface area is 141 Å². The summed E-state index contributed by atoms with van der Waals surface area (Å²) in [6.07, 6.45) is 0.977. The third-order valence-electron chi connectivity index (χ3n) is 3.45. The van der Waals surface area contributed by atoms with Crippen molar-refractivity contribution in [1.29, 1.82) is 0 Å². The molecule has 2 aromatic rings. The van der Waals surface area contributed by atoms with E-state index in [9.17, 15) is 0 Å². The summed E-state index contributed by atoms with van der Waals surface area (Å²) < 4.78 is 5.43. The number of ether oxygens (including phenoxy) is 1. The fourth-order valence-corrected chi connectivity index (χ4v) is 2.91. The van der Waals surface area contributed by atoms with Gasteiger partial charge in [-0.15, -0.1) is 11.3 Å². The Morgan fingerprint density at radius 2 is 2.09 bits per heavy atom. The summed E-state index contributed by atoms with van der Waals surface area (Å²) >= 11 is 1.70.